The number of alkyl halides is 1. The number of benzene rings is 2. The van der Waals surface area contributed by atoms with Gasteiger partial charge in [-0.3, -0.25) is 0 Å². The predicted molar refractivity (Wildman–Crippen MR) is 111 cm³/mol. The van der Waals surface area contributed by atoms with Crippen molar-refractivity contribution in [1.82, 2.24) is 9.97 Å². The van der Waals surface area contributed by atoms with Gasteiger partial charge >= 0.3 is 0 Å². The number of anilines is 2. The third-order valence-electron chi connectivity index (χ3n) is 2.58. The van der Waals surface area contributed by atoms with Crippen LogP contribution >= 0.6 is 22.6 Å². The first-order valence-corrected chi connectivity index (χ1v) is 9.56. The SMILES string of the molecule is CC.CI.CN.c1ccc(Nc2ncnc3ccccc23)cc1. The molecule has 0 fully saturated rings. The van der Waals surface area contributed by atoms with Crippen molar-refractivity contribution in [1.29, 1.82) is 0 Å². The number of hydrogen-bond acceptors (Lipinski definition) is 4. The summed E-state index contributed by atoms with van der Waals surface area (Å²) in [5, 5.41) is 4.32. The second-order valence-electron chi connectivity index (χ2n) is 3.73. The molecule has 4 nitrogen and oxygen atoms in total. The molecule has 0 aliphatic heterocycles. The lowest BCUT2D eigenvalue weighted by Gasteiger charge is -2.07. The van der Waals surface area contributed by atoms with Gasteiger partial charge in [0.15, 0.2) is 0 Å². The summed E-state index contributed by atoms with van der Waals surface area (Å²) >= 11 is 2.15. The lowest BCUT2D eigenvalue weighted by atomic mass is 10.2. The highest BCUT2D eigenvalue weighted by Crippen LogP contribution is 2.21. The van der Waals surface area contributed by atoms with Gasteiger partial charge in [-0.15, -0.1) is 0 Å². The Labute approximate surface area is 152 Å². The Morgan fingerprint density at radius 1 is 0.826 bits per heavy atom. The lowest BCUT2D eigenvalue weighted by Crippen LogP contribution is -1.95. The molecule has 3 N–H and O–H groups in total. The smallest absolute Gasteiger partial charge is 0.141 e. The highest BCUT2D eigenvalue weighted by atomic mass is 127. The summed E-state index contributed by atoms with van der Waals surface area (Å²) in [6, 6.07) is 18.0. The van der Waals surface area contributed by atoms with E-state index in [2.05, 4.69) is 43.6 Å². The van der Waals surface area contributed by atoms with Crippen molar-refractivity contribution in [3.8, 4) is 0 Å². The number of rotatable bonds is 2. The fourth-order valence-electron chi connectivity index (χ4n) is 1.76. The molecule has 0 bridgehead atoms. The number of aromatic nitrogens is 2. The maximum absolute atomic E-state index is 4.50. The molecule has 1 heterocycles. The summed E-state index contributed by atoms with van der Waals surface area (Å²) in [6.45, 7) is 4.00. The van der Waals surface area contributed by atoms with Crippen LogP contribution in [0.25, 0.3) is 10.9 Å². The number of para-hydroxylation sites is 2. The Kier molecular flexibility index (Phi) is 12.9. The van der Waals surface area contributed by atoms with E-state index in [4.69, 9.17) is 0 Å². The van der Waals surface area contributed by atoms with E-state index in [9.17, 15) is 0 Å². The van der Waals surface area contributed by atoms with E-state index in [1.54, 1.807) is 6.33 Å². The average molecular weight is 424 g/mol. The number of fused-ring (bicyclic) bond motifs is 1. The third kappa shape index (κ3) is 6.92. The molecule has 0 saturated heterocycles. The Morgan fingerprint density at radius 3 is 2.04 bits per heavy atom. The van der Waals surface area contributed by atoms with Crippen molar-refractivity contribution in [2.24, 2.45) is 5.73 Å². The van der Waals surface area contributed by atoms with Gasteiger partial charge < -0.3 is 11.1 Å². The molecule has 3 aromatic rings. The Hall–Kier alpha value is -1.73. The van der Waals surface area contributed by atoms with Crippen molar-refractivity contribution in [2.75, 3.05) is 17.3 Å². The van der Waals surface area contributed by atoms with Gasteiger partial charge in [0.05, 0.1) is 5.52 Å². The number of nitrogens with zero attached hydrogens (tertiary/aromatic N) is 2. The fraction of sp³-hybridized carbons (Fsp3) is 0.222. The summed E-state index contributed by atoms with van der Waals surface area (Å²) in [5.41, 5.74) is 6.47. The van der Waals surface area contributed by atoms with E-state index in [0.717, 1.165) is 22.4 Å². The molecule has 3 rings (SSSR count). The quantitative estimate of drug-likeness (QED) is 0.448. The molecular weight excluding hydrogens is 399 g/mol. The minimum absolute atomic E-state index is 0.835. The molecule has 0 radical (unpaired) electrons. The zero-order valence-corrected chi connectivity index (χ0v) is 16.3. The second-order valence-corrected chi connectivity index (χ2v) is 3.73. The Morgan fingerprint density at radius 2 is 1.39 bits per heavy atom. The number of halogens is 1. The first-order chi connectivity index (χ1) is 11.4. The molecule has 0 atom stereocenters. The maximum atomic E-state index is 4.50. The zero-order chi connectivity index (χ0) is 17.5. The second kappa shape index (κ2) is 13.9. The number of nitrogens with two attached hydrogens (primary N) is 1. The van der Waals surface area contributed by atoms with Gasteiger partial charge in [-0.2, -0.15) is 0 Å². The highest BCUT2D eigenvalue weighted by molar-refractivity contribution is 14.1. The van der Waals surface area contributed by atoms with Gasteiger partial charge in [0.1, 0.15) is 12.1 Å². The summed E-state index contributed by atoms with van der Waals surface area (Å²) < 4.78 is 0. The van der Waals surface area contributed by atoms with Crippen LogP contribution in [0.3, 0.4) is 0 Å². The van der Waals surface area contributed by atoms with Gasteiger partial charge in [-0.1, -0.05) is 66.8 Å². The van der Waals surface area contributed by atoms with Crippen molar-refractivity contribution in [3.05, 3.63) is 60.9 Å². The summed E-state index contributed by atoms with van der Waals surface area (Å²) in [5.74, 6) is 0.835. The van der Waals surface area contributed by atoms with E-state index >= 15 is 0 Å². The molecule has 0 aliphatic rings. The van der Waals surface area contributed by atoms with Gasteiger partial charge in [0.2, 0.25) is 0 Å². The predicted octanol–water partition coefficient (Wildman–Crippen LogP) is 5.03. The first kappa shape index (κ1) is 21.3. The first-order valence-electron chi connectivity index (χ1n) is 7.41. The van der Waals surface area contributed by atoms with Crippen LogP contribution in [0.1, 0.15) is 13.8 Å². The molecule has 1 aromatic heterocycles. The molecule has 124 valence electrons. The van der Waals surface area contributed by atoms with Crippen molar-refractivity contribution < 1.29 is 0 Å². The largest absolute Gasteiger partial charge is 0.340 e. The zero-order valence-electron chi connectivity index (χ0n) is 14.1. The van der Waals surface area contributed by atoms with E-state index in [1.165, 1.54) is 7.05 Å². The molecule has 0 unspecified atom stereocenters. The molecule has 0 spiro atoms. The fourth-order valence-corrected chi connectivity index (χ4v) is 1.76. The molecule has 2 aromatic carbocycles. The van der Waals surface area contributed by atoms with E-state index < -0.39 is 0 Å². The van der Waals surface area contributed by atoms with Gasteiger partial charge in [0, 0.05) is 11.1 Å². The van der Waals surface area contributed by atoms with Crippen LogP contribution in [0.4, 0.5) is 11.5 Å². The van der Waals surface area contributed by atoms with Gasteiger partial charge in [-0.25, -0.2) is 9.97 Å². The highest BCUT2D eigenvalue weighted by Gasteiger charge is 2.02. The lowest BCUT2D eigenvalue weighted by molar-refractivity contribution is 1.22. The van der Waals surface area contributed by atoms with Gasteiger partial charge in [-0.05, 0) is 36.2 Å². The molecule has 0 amide bonds. The summed E-state index contributed by atoms with van der Waals surface area (Å²) in [6.07, 6.45) is 1.58. The number of nitrogens with one attached hydrogen (secondary N) is 1. The Balaban J connectivity index is 0.000000728. The number of hydrogen-bond donors (Lipinski definition) is 2. The van der Waals surface area contributed by atoms with Crippen LogP contribution in [0, 0.1) is 0 Å². The van der Waals surface area contributed by atoms with E-state index in [1.807, 2.05) is 73.4 Å². The molecule has 5 heteroatoms. The average Bonchev–Trinajstić information content (AvgIpc) is 2.68. The summed E-state index contributed by atoms with van der Waals surface area (Å²) in [7, 11) is 1.50. The van der Waals surface area contributed by atoms with Crippen molar-refractivity contribution in [3.63, 3.8) is 0 Å². The van der Waals surface area contributed by atoms with Crippen LogP contribution in [0.2, 0.25) is 0 Å². The van der Waals surface area contributed by atoms with Crippen molar-refractivity contribution in [2.45, 2.75) is 13.8 Å². The van der Waals surface area contributed by atoms with Crippen LogP contribution in [-0.2, 0) is 0 Å². The van der Waals surface area contributed by atoms with Gasteiger partial charge in [0.25, 0.3) is 0 Å². The molecule has 0 saturated carbocycles. The standard InChI is InChI=1S/C14H11N3.C2H6.CH3I.CH5N/c1-2-6-11(7-3-1)17-14-12-8-4-5-9-13(12)15-10-16-14;3*1-2/h1-10H,(H,15,16,17);1-2H3;1H3;2H2,1H3. The molecule has 0 aliphatic carbocycles. The van der Waals surface area contributed by atoms with Crippen LogP contribution < -0.4 is 11.1 Å². The minimum Gasteiger partial charge on any atom is -0.340 e. The van der Waals surface area contributed by atoms with E-state index in [-0.39, 0.29) is 0 Å². The maximum Gasteiger partial charge on any atom is 0.141 e. The van der Waals surface area contributed by atoms with E-state index in [0.29, 0.717) is 0 Å². The minimum atomic E-state index is 0.835. The third-order valence-corrected chi connectivity index (χ3v) is 2.58. The molecular formula is C18H25IN4. The van der Waals surface area contributed by atoms with Crippen molar-refractivity contribution >= 4 is 45.0 Å². The monoisotopic (exact) mass is 424 g/mol. The topological polar surface area (TPSA) is 63.8 Å². The Bertz CT molecular complexity index is 639. The molecule has 23 heavy (non-hydrogen) atoms. The normalized spacial score (nSPS) is 8.43. The summed E-state index contributed by atoms with van der Waals surface area (Å²) in [4.78, 5) is 10.5. The van der Waals surface area contributed by atoms with Crippen LogP contribution in [0.5, 0.6) is 0 Å². The van der Waals surface area contributed by atoms with Crippen LogP contribution in [-0.4, -0.2) is 21.9 Å². The van der Waals surface area contributed by atoms with Crippen LogP contribution in [0.15, 0.2) is 60.9 Å².